The molecule has 2 nitrogen and oxygen atoms in total. The lowest BCUT2D eigenvalue weighted by atomic mass is 9.75. The van der Waals surface area contributed by atoms with Crippen LogP contribution >= 0.6 is 24.8 Å². The van der Waals surface area contributed by atoms with Gasteiger partial charge >= 0.3 is 12.4 Å². The number of hydrogen-bond acceptors (Lipinski definition) is 2. The molecule has 1 aliphatic heterocycles. The van der Waals surface area contributed by atoms with Crippen molar-refractivity contribution in [2.75, 3.05) is 26.2 Å². The summed E-state index contributed by atoms with van der Waals surface area (Å²) < 4.78 is 79.3. The first kappa shape index (κ1) is 24.3. The molecule has 1 N–H and O–H groups in total. The lowest BCUT2D eigenvalue weighted by Crippen LogP contribution is -2.48. The van der Waals surface area contributed by atoms with Crippen molar-refractivity contribution in [3.63, 3.8) is 0 Å². The van der Waals surface area contributed by atoms with Crippen LogP contribution < -0.4 is 5.32 Å². The third-order valence-electron chi connectivity index (χ3n) is 5.15. The zero-order valence-corrected chi connectivity index (χ0v) is 16.0. The molecule has 1 saturated heterocycles. The molecule has 0 unspecified atom stereocenters. The quantitative estimate of drug-likeness (QED) is 0.642. The zero-order valence-electron chi connectivity index (χ0n) is 14.4. The fraction of sp³-hybridized carbons (Fsp3) is 0.647. The van der Waals surface area contributed by atoms with Gasteiger partial charge in [-0.25, -0.2) is 0 Å². The van der Waals surface area contributed by atoms with E-state index in [0.29, 0.717) is 26.2 Å². The van der Waals surface area contributed by atoms with Gasteiger partial charge in [-0.2, -0.15) is 26.3 Å². The summed E-state index contributed by atoms with van der Waals surface area (Å²) in [4.78, 5) is 1.98. The van der Waals surface area contributed by atoms with Crippen LogP contribution in [0.25, 0.3) is 0 Å². The van der Waals surface area contributed by atoms with Gasteiger partial charge in [0.05, 0.1) is 11.1 Å². The van der Waals surface area contributed by atoms with Crippen LogP contribution in [0.2, 0.25) is 0 Å². The van der Waals surface area contributed by atoms with Gasteiger partial charge < -0.3 is 5.32 Å². The van der Waals surface area contributed by atoms with Crippen molar-refractivity contribution in [3.05, 3.63) is 34.9 Å². The number of hydrogen-bond donors (Lipinski definition) is 1. The Balaban J connectivity index is 0.00000182. The maximum absolute atomic E-state index is 13.5. The van der Waals surface area contributed by atoms with Crippen LogP contribution in [-0.4, -0.2) is 31.1 Å². The van der Waals surface area contributed by atoms with Gasteiger partial charge in [-0.15, -0.1) is 24.8 Å². The normalized spacial score (nSPS) is 20.2. The lowest BCUT2D eigenvalue weighted by Gasteiger charge is -2.44. The van der Waals surface area contributed by atoms with Crippen molar-refractivity contribution >= 4 is 24.8 Å². The molecule has 0 aromatic heterocycles. The van der Waals surface area contributed by atoms with E-state index >= 15 is 0 Å². The topological polar surface area (TPSA) is 15.3 Å². The van der Waals surface area contributed by atoms with Crippen LogP contribution in [0.15, 0.2) is 18.2 Å². The van der Waals surface area contributed by atoms with Crippen molar-refractivity contribution < 1.29 is 26.3 Å². The Kier molecular flexibility index (Phi) is 8.29. The Morgan fingerprint density at radius 2 is 1.52 bits per heavy atom. The van der Waals surface area contributed by atoms with Gasteiger partial charge in [0, 0.05) is 32.2 Å². The predicted octanol–water partition coefficient (Wildman–Crippen LogP) is 5.31. The highest BCUT2D eigenvalue weighted by Crippen LogP contribution is 2.46. The van der Waals surface area contributed by atoms with Gasteiger partial charge in [0.1, 0.15) is 0 Å². The first-order valence-electron chi connectivity index (χ1n) is 8.41. The van der Waals surface area contributed by atoms with E-state index in [-0.39, 0.29) is 42.4 Å². The van der Waals surface area contributed by atoms with Gasteiger partial charge in [0.2, 0.25) is 0 Å². The molecule has 2 aliphatic rings. The van der Waals surface area contributed by atoms with E-state index in [9.17, 15) is 26.3 Å². The molecule has 3 rings (SSSR count). The van der Waals surface area contributed by atoms with Crippen molar-refractivity contribution in [2.24, 2.45) is 5.92 Å². The van der Waals surface area contributed by atoms with Crippen LogP contribution in [0.3, 0.4) is 0 Å². The van der Waals surface area contributed by atoms with E-state index in [2.05, 4.69) is 5.32 Å². The Hall–Kier alpha value is -0.700. The lowest BCUT2D eigenvalue weighted by molar-refractivity contribution is -0.144. The van der Waals surface area contributed by atoms with Gasteiger partial charge in [-0.05, 0) is 36.5 Å². The third-order valence-corrected chi connectivity index (χ3v) is 5.15. The molecule has 1 aromatic rings. The molecule has 0 radical (unpaired) electrons. The molecule has 27 heavy (non-hydrogen) atoms. The van der Waals surface area contributed by atoms with Crippen LogP contribution in [0.4, 0.5) is 26.3 Å². The number of nitrogens with one attached hydrogen (secondary N) is 1. The summed E-state index contributed by atoms with van der Waals surface area (Å²) in [6.45, 7) is 2.54. The maximum Gasteiger partial charge on any atom is 0.416 e. The SMILES string of the molecule is Cl.Cl.FC(F)(F)c1ccc([C@@H](C2CCC2)N2CCNCC2)c(C(F)(F)F)c1. The number of alkyl halides is 6. The second-order valence-electron chi connectivity index (χ2n) is 6.72. The number of rotatable bonds is 3. The molecule has 1 atom stereocenters. The number of halogens is 8. The van der Waals surface area contributed by atoms with Crippen LogP contribution in [0.1, 0.15) is 42.0 Å². The highest BCUT2D eigenvalue weighted by molar-refractivity contribution is 5.85. The van der Waals surface area contributed by atoms with E-state index < -0.39 is 29.5 Å². The molecule has 1 aliphatic carbocycles. The first-order chi connectivity index (χ1) is 11.7. The molecule has 0 bridgehead atoms. The largest absolute Gasteiger partial charge is 0.416 e. The fourth-order valence-corrected chi connectivity index (χ4v) is 3.70. The molecule has 10 heteroatoms. The Bertz CT molecular complexity index is 610. The second kappa shape index (κ2) is 9.20. The summed E-state index contributed by atoms with van der Waals surface area (Å²) in [5.74, 6) is 0.0657. The summed E-state index contributed by atoms with van der Waals surface area (Å²) in [7, 11) is 0. The highest BCUT2D eigenvalue weighted by Gasteiger charge is 2.43. The second-order valence-corrected chi connectivity index (χ2v) is 6.72. The van der Waals surface area contributed by atoms with E-state index in [1.54, 1.807) is 0 Å². The smallest absolute Gasteiger partial charge is 0.314 e. The third kappa shape index (κ3) is 5.43. The van der Waals surface area contributed by atoms with Crippen LogP contribution in [-0.2, 0) is 12.4 Å². The van der Waals surface area contributed by atoms with Crippen LogP contribution in [0.5, 0.6) is 0 Å². The molecule has 156 valence electrons. The van der Waals surface area contributed by atoms with E-state index in [1.165, 1.54) is 0 Å². The van der Waals surface area contributed by atoms with E-state index in [0.717, 1.165) is 31.4 Å². The van der Waals surface area contributed by atoms with E-state index in [4.69, 9.17) is 0 Å². The Labute approximate surface area is 166 Å². The van der Waals surface area contributed by atoms with Crippen molar-refractivity contribution in [3.8, 4) is 0 Å². The van der Waals surface area contributed by atoms with Gasteiger partial charge in [0.25, 0.3) is 0 Å². The molecule has 0 amide bonds. The van der Waals surface area contributed by atoms with Crippen molar-refractivity contribution in [2.45, 2.75) is 37.7 Å². The molecule has 1 heterocycles. The average molecular weight is 439 g/mol. The minimum Gasteiger partial charge on any atom is -0.314 e. The van der Waals surface area contributed by atoms with E-state index in [1.807, 2.05) is 4.90 Å². The monoisotopic (exact) mass is 438 g/mol. The van der Waals surface area contributed by atoms with Gasteiger partial charge in [-0.3, -0.25) is 4.90 Å². The first-order valence-corrected chi connectivity index (χ1v) is 8.41. The summed E-state index contributed by atoms with van der Waals surface area (Å²) >= 11 is 0. The fourth-order valence-electron chi connectivity index (χ4n) is 3.70. The zero-order chi connectivity index (χ0) is 18.2. The van der Waals surface area contributed by atoms with Crippen molar-refractivity contribution in [1.82, 2.24) is 10.2 Å². The molecule has 0 spiro atoms. The minimum absolute atomic E-state index is 0. The molecule has 1 aromatic carbocycles. The molecule has 2 fully saturated rings. The summed E-state index contributed by atoms with van der Waals surface area (Å²) in [6.07, 6.45) is -7.03. The highest BCUT2D eigenvalue weighted by atomic mass is 35.5. The average Bonchev–Trinajstić information content (AvgIpc) is 2.49. The van der Waals surface area contributed by atoms with Gasteiger partial charge in [-0.1, -0.05) is 12.5 Å². The summed E-state index contributed by atoms with van der Waals surface area (Å²) in [6, 6.07) is 1.60. The number of piperazine rings is 1. The number of nitrogens with zero attached hydrogens (tertiary/aromatic N) is 1. The minimum atomic E-state index is -4.81. The standard InChI is InChI=1S/C17H20F6N2.2ClH/c18-16(19,20)12-4-5-13(14(10-12)17(21,22)23)15(11-2-1-3-11)25-8-6-24-7-9-25;;/h4-5,10-11,15,24H,1-3,6-9H2;2*1H/t15-;;/m1../s1. The molecular formula is C17H22Cl2F6N2. The van der Waals surface area contributed by atoms with Crippen molar-refractivity contribution in [1.29, 1.82) is 0 Å². The summed E-state index contributed by atoms with van der Waals surface area (Å²) in [5.41, 5.74) is -2.43. The summed E-state index contributed by atoms with van der Waals surface area (Å²) in [5, 5.41) is 3.16. The van der Waals surface area contributed by atoms with Gasteiger partial charge in [0.15, 0.2) is 0 Å². The van der Waals surface area contributed by atoms with Crippen LogP contribution in [0, 0.1) is 5.92 Å². The Morgan fingerprint density at radius 3 is 1.96 bits per heavy atom. The molecule has 1 saturated carbocycles. The molecular weight excluding hydrogens is 417 g/mol. The Morgan fingerprint density at radius 1 is 0.926 bits per heavy atom. The number of benzene rings is 1. The predicted molar refractivity (Wildman–Crippen MR) is 95.5 cm³/mol. The maximum atomic E-state index is 13.5.